The highest BCUT2D eigenvalue weighted by Crippen LogP contribution is 2.26. The fraction of sp³-hybridized carbons (Fsp3) is 0.300. The maximum absolute atomic E-state index is 11.9. The summed E-state index contributed by atoms with van der Waals surface area (Å²) in [6.07, 6.45) is 0.634. The molecule has 0 aliphatic heterocycles. The van der Waals surface area contributed by atoms with E-state index in [1.807, 2.05) is 0 Å². The van der Waals surface area contributed by atoms with Gasteiger partial charge in [0.05, 0.1) is 7.11 Å². The van der Waals surface area contributed by atoms with Gasteiger partial charge >= 0.3 is 0 Å². The molecule has 0 unspecified atom stereocenters. The van der Waals surface area contributed by atoms with Gasteiger partial charge in [-0.15, -0.1) is 0 Å². The first-order valence-electron chi connectivity index (χ1n) is 4.49. The summed E-state index contributed by atoms with van der Waals surface area (Å²) >= 11 is 0. The summed E-state index contributed by atoms with van der Waals surface area (Å²) in [6.45, 7) is 0. The summed E-state index contributed by atoms with van der Waals surface area (Å²) in [5.41, 5.74) is 0.370. The number of ether oxygens (including phenoxy) is 1. The number of methoxy groups -OCH3 is 1. The van der Waals surface area contributed by atoms with Crippen molar-refractivity contribution in [3.05, 3.63) is 23.8 Å². The Morgan fingerprint density at radius 1 is 1.31 bits per heavy atom. The summed E-state index contributed by atoms with van der Waals surface area (Å²) in [7, 11) is 0.673. The van der Waals surface area contributed by atoms with Crippen molar-refractivity contribution >= 4 is 16.3 Å². The molecule has 16 heavy (non-hydrogen) atoms. The van der Waals surface area contributed by atoms with E-state index in [1.54, 1.807) is 0 Å². The Hall–Kier alpha value is -1.40. The molecule has 0 N–H and O–H groups in total. The normalized spacial score (nSPS) is 11.5. The van der Waals surface area contributed by atoms with Crippen molar-refractivity contribution in [1.82, 2.24) is 4.31 Å². The lowest BCUT2D eigenvalue weighted by Gasteiger charge is -2.14. The maximum atomic E-state index is 11.9. The van der Waals surface area contributed by atoms with Crippen molar-refractivity contribution in [3.63, 3.8) is 0 Å². The van der Waals surface area contributed by atoms with Gasteiger partial charge in [-0.2, -0.15) is 0 Å². The third-order valence-corrected chi connectivity index (χ3v) is 3.94. The van der Waals surface area contributed by atoms with E-state index in [-0.39, 0.29) is 10.6 Å². The largest absolute Gasteiger partial charge is 0.495 e. The summed E-state index contributed by atoms with van der Waals surface area (Å²) < 4.78 is 29.8. The van der Waals surface area contributed by atoms with Crippen LogP contribution in [0.15, 0.2) is 23.1 Å². The van der Waals surface area contributed by atoms with Gasteiger partial charge in [0, 0.05) is 19.7 Å². The standard InChI is InChI=1S/C10H13NO4S/c1-11(2)16(13,14)10-5-4-8(7-12)6-9(10)15-3/h4-7H,1-3H3. The lowest BCUT2D eigenvalue weighted by molar-refractivity contribution is 0.112. The van der Waals surface area contributed by atoms with Crippen molar-refractivity contribution in [2.24, 2.45) is 0 Å². The molecule has 1 aromatic rings. The number of hydrogen-bond acceptors (Lipinski definition) is 4. The van der Waals surface area contributed by atoms with Crippen LogP contribution in [0, 0.1) is 0 Å². The zero-order valence-electron chi connectivity index (χ0n) is 9.30. The van der Waals surface area contributed by atoms with Crippen molar-refractivity contribution in [2.45, 2.75) is 4.90 Å². The third-order valence-electron chi connectivity index (χ3n) is 2.08. The second kappa shape index (κ2) is 4.63. The van der Waals surface area contributed by atoms with Crippen molar-refractivity contribution in [3.8, 4) is 5.75 Å². The molecular formula is C10H13NO4S. The van der Waals surface area contributed by atoms with Crippen LogP contribution in [0.2, 0.25) is 0 Å². The summed E-state index contributed by atoms with van der Waals surface area (Å²) in [6, 6.07) is 4.19. The fourth-order valence-corrected chi connectivity index (χ4v) is 2.20. The van der Waals surface area contributed by atoms with Gasteiger partial charge in [0.15, 0.2) is 0 Å². The molecule has 0 saturated carbocycles. The molecule has 88 valence electrons. The number of nitrogens with zero attached hydrogens (tertiary/aromatic N) is 1. The molecule has 0 aromatic heterocycles. The molecule has 0 aliphatic carbocycles. The molecule has 0 aliphatic rings. The molecular weight excluding hydrogens is 230 g/mol. The molecule has 1 aromatic carbocycles. The van der Waals surface area contributed by atoms with Crippen LogP contribution in [0.1, 0.15) is 10.4 Å². The van der Waals surface area contributed by atoms with Crippen LogP contribution < -0.4 is 4.74 Å². The lowest BCUT2D eigenvalue weighted by Crippen LogP contribution is -2.22. The van der Waals surface area contributed by atoms with E-state index in [1.165, 1.54) is 39.4 Å². The Kier molecular flexibility index (Phi) is 3.66. The maximum Gasteiger partial charge on any atom is 0.246 e. The minimum Gasteiger partial charge on any atom is -0.495 e. The fourth-order valence-electron chi connectivity index (χ4n) is 1.17. The van der Waals surface area contributed by atoms with Crippen LogP contribution in [0.3, 0.4) is 0 Å². The summed E-state index contributed by atoms with van der Waals surface area (Å²) in [5, 5.41) is 0. The Morgan fingerprint density at radius 2 is 1.94 bits per heavy atom. The van der Waals surface area contributed by atoms with Crippen molar-refractivity contribution < 1.29 is 17.9 Å². The Labute approximate surface area is 94.7 Å². The van der Waals surface area contributed by atoms with E-state index in [0.29, 0.717) is 11.8 Å². The molecule has 1 rings (SSSR count). The monoisotopic (exact) mass is 243 g/mol. The minimum absolute atomic E-state index is 0.0469. The first-order chi connectivity index (χ1) is 7.43. The van der Waals surface area contributed by atoms with E-state index >= 15 is 0 Å². The van der Waals surface area contributed by atoms with E-state index in [0.717, 1.165) is 4.31 Å². The van der Waals surface area contributed by atoms with Crippen molar-refractivity contribution in [2.75, 3.05) is 21.2 Å². The van der Waals surface area contributed by atoms with Crippen LogP contribution in [-0.4, -0.2) is 40.2 Å². The highest BCUT2D eigenvalue weighted by Gasteiger charge is 2.21. The average Bonchev–Trinajstić information content (AvgIpc) is 2.27. The molecule has 0 spiro atoms. The smallest absolute Gasteiger partial charge is 0.246 e. The number of hydrogen-bond donors (Lipinski definition) is 0. The number of rotatable bonds is 4. The number of carbonyl (C=O) groups excluding carboxylic acids is 1. The van der Waals surface area contributed by atoms with Gasteiger partial charge < -0.3 is 4.74 Å². The highest BCUT2D eigenvalue weighted by molar-refractivity contribution is 7.89. The van der Waals surface area contributed by atoms with E-state index < -0.39 is 10.0 Å². The molecule has 0 fully saturated rings. The average molecular weight is 243 g/mol. The van der Waals surface area contributed by atoms with Crippen LogP contribution >= 0.6 is 0 Å². The molecule has 0 atom stereocenters. The second-order valence-corrected chi connectivity index (χ2v) is 5.44. The zero-order valence-corrected chi connectivity index (χ0v) is 10.1. The Morgan fingerprint density at radius 3 is 2.38 bits per heavy atom. The summed E-state index contributed by atoms with van der Waals surface area (Å²) in [5.74, 6) is 0.165. The molecule has 0 amide bonds. The van der Waals surface area contributed by atoms with E-state index in [4.69, 9.17) is 4.74 Å². The van der Waals surface area contributed by atoms with Gasteiger partial charge in [0.25, 0.3) is 0 Å². The molecule has 0 saturated heterocycles. The highest BCUT2D eigenvalue weighted by atomic mass is 32.2. The van der Waals surface area contributed by atoms with Gasteiger partial charge in [-0.1, -0.05) is 6.07 Å². The van der Waals surface area contributed by atoms with Crippen LogP contribution in [0.4, 0.5) is 0 Å². The number of carbonyl (C=O) groups is 1. The van der Waals surface area contributed by atoms with Crippen LogP contribution in [-0.2, 0) is 10.0 Å². The van der Waals surface area contributed by atoms with Gasteiger partial charge in [-0.05, 0) is 12.1 Å². The topological polar surface area (TPSA) is 63.7 Å². The summed E-state index contributed by atoms with van der Waals surface area (Å²) in [4.78, 5) is 10.6. The van der Waals surface area contributed by atoms with Crippen LogP contribution in [0.5, 0.6) is 5.75 Å². The lowest BCUT2D eigenvalue weighted by atomic mass is 10.2. The predicted molar refractivity (Wildman–Crippen MR) is 59.3 cm³/mol. The van der Waals surface area contributed by atoms with E-state index in [9.17, 15) is 13.2 Å². The SMILES string of the molecule is COc1cc(C=O)ccc1S(=O)(=O)N(C)C. The third kappa shape index (κ3) is 2.23. The van der Waals surface area contributed by atoms with Crippen molar-refractivity contribution in [1.29, 1.82) is 0 Å². The van der Waals surface area contributed by atoms with Gasteiger partial charge in [0.1, 0.15) is 16.9 Å². The predicted octanol–water partition coefficient (Wildman–Crippen LogP) is 0.758. The quantitative estimate of drug-likeness (QED) is 0.732. The second-order valence-electron chi connectivity index (χ2n) is 3.32. The molecule has 6 heteroatoms. The number of sulfonamides is 1. The van der Waals surface area contributed by atoms with E-state index in [2.05, 4.69) is 0 Å². The number of benzene rings is 1. The van der Waals surface area contributed by atoms with Gasteiger partial charge in [0.2, 0.25) is 10.0 Å². The molecule has 0 radical (unpaired) electrons. The minimum atomic E-state index is -3.55. The first kappa shape index (κ1) is 12.7. The number of aldehydes is 1. The molecule has 0 bridgehead atoms. The van der Waals surface area contributed by atoms with Gasteiger partial charge in [-0.3, -0.25) is 4.79 Å². The Balaban J connectivity index is 3.41. The molecule has 5 nitrogen and oxygen atoms in total. The Bertz CT molecular complexity index is 494. The zero-order chi connectivity index (χ0) is 12.3. The van der Waals surface area contributed by atoms with Gasteiger partial charge in [-0.25, -0.2) is 12.7 Å². The first-order valence-corrected chi connectivity index (χ1v) is 5.93. The van der Waals surface area contributed by atoms with Crippen LogP contribution in [0.25, 0.3) is 0 Å². The molecule has 0 heterocycles.